The molecule has 1 aromatic rings. The SMILES string of the molecule is CC(=O)Nc1ccc(N=C(C)C)cc1. The van der Waals surface area contributed by atoms with Gasteiger partial charge in [0.1, 0.15) is 0 Å². The van der Waals surface area contributed by atoms with Gasteiger partial charge >= 0.3 is 0 Å². The van der Waals surface area contributed by atoms with Crippen molar-refractivity contribution in [3.8, 4) is 0 Å². The summed E-state index contributed by atoms with van der Waals surface area (Å²) in [6.45, 7) is 5.38. The highest BCUT2D eigenvalue weighted by atomic mass is 16.1. The molecule has 0 saturated carbocycles. The predicted octanol–water partition coefficient (Wildman–Crippen LogP) is 2.76. The summed E-state index contributed by atoms with van der Waals surface area (Å²) in [5, 5.41) is 2.70. The number of hydrogen-bond acceptors (Lipinski definition) is 2. The maximum absolute atomic E-state index is 10.7. The molecule has 3 heteroatoms. The molecule has 0 aliphatic heterocycles. The molecule has 1 rings (SSSR count). The second kappa shape index (κ2) is 4.56. The lowest BCUT2D eigenvalue weighted by molar-refractivity contribution is -0.114. The molecule has 3 nitrogen and oxygen atoms in total. The van der Waals surface area contributed by atoms with Crippen molar-refractivity contribution in [3.63, 3.8) is 0 Å². The highest BCUT2D eigenvalue weighted by Crippen LogP contribution is 2.16. The molecule has 0 aromatic heterocycles. The number of benzene rings is 1. The maximum Gasteiger partial charge on any atom is 0.221 e. The first-order chi connectivity index (χ1) is 6.58. The number of anilines is 1. The quantitative estimate of drug-likeness (QED) is 0.716. The summed E-state index contributed by atoms with van der Waals surface area (Å²) < 4.78 is 0. The Morgan fingerprint density at radius 3 is 2.14 bits per heavy atom. The summed E-state index contributed by atoms with van der Waals surface area (Å²) in [5.41, 5.74) is 2.71. The standard InChI is InChI=1S/C11H14N2O/c1-8(2)12-10-4-6-11(7-5-10)13-9(3)14/h4-7H,1-3H3,(H,13,14). The minimum Gasteiger partial charge on any atom is -0.326 e. The van der Waals surface area contributed by atoms with Crippen molar-refractivity contribution in [2.75, 3.05) is 5.32 Å². The minimum atomic E-state index is -0.0621. The average Bonchev–Trinajstić information content (AvgIpc) is 2.06. The number of carbonyl (C=O) groups excluding carboxylic acids is 1. The Hall–Kier alpha value is -1.64. The van der Waals surface area contributed by atoms with E-state index >= 15 is 0 Å². The predicted molar refractivity (Wildman–Crippen MR) is 59.2 cm³/mol. The lowest BCUT2D eigenvalue weighted by Crippen LogP contribution is -2.04. The van der Waals surface area contributed by atoms with E-state index in [0.717, 1.165) is 17.1 Å². The van der Waals surface area contributed by atoms with Crippen molar-refractivity contribution in [3.05, 3.63) is 24.3 Å². The smallest absolute Gasteiger partial charge is 0.221 e. The van der Waals surface area contributed by atoms with E-state index in [1.807, 2.05) is 38.1 Å². The van der Waals surface area contributed by atoms with Crippen LogP contribution in [0.1, 0.15) is 20.8 Å². The Bertz CT molecular complexity index is 348. The summed E-state index contributed by atoms with van der Waals surface area (Å²) in [6, 6.07) is 7.42. The van der Waals surface area contributed by atoms with E-state index in [1.54, 1.807) is 0 Å². The fourth-order valence-corrected chi connectivity index (χ4v) is 1.08. The Morgan fingerprint density at radius 2 is 1.71 bits per heavy atom. The van der Waals surface area contributed by atoms with Crippen LogP contribution in [0.3, 0.4) is 0 Å². The third-order valence-corrected chi connectivity index (χ3v) is 1.54. The molecule has 0 aliphatic carbocycles. The van der Waals surface area contributed by atoms with E-state index in [0.29, 0.717) is 0 Å². The zero-order chi connectivity index (χ0) is 10.6. The van der Waals surface area contributed by atoms with Crippen LogP contribution in [-0.2, 0) is 4.79 Å². The monoisotopic (exact) mass is 190 g/mol. The number of carbonyl (C=O) groups is 1. The second-order valence-electron chi connectivity index (χ2n) is 3.29. The first kappa shape index (κ1) is 10.4. The first-order valence-electron chi connectivity index (χ1n) is 4.47. The lowest BCUT2D eigenvalue weighted by Gasteiger charge is -2.01. The Balaban J connectivity index is 2.78. The summed E-state index contributed by atoms with van der Waals surface area (Å²) >= 11 is 0. The van der Waals surface area contributed by atoms with Crippen LogP contribution >= 0.6 is 0 Å². The molecule has 0 spiro atoms. The van der Waals surface area contributed by atoms with E-state index in [1.165, 1.54) is 6.92 Å². The van der Waals surface area contributed by atoms with Crippen LogP contribution in [0.25, 0.3) is 0 Å². The van der Waals surface area contributed by atoms with Gasteiger partial charge in [-0.1, -0.05) is 0 Å². The van der Waals surface area contributed by atoms with Gasteiger partial charge in [-0.25, -0.2) is 0 Å². The third-order valence-electron chi connectivity index (χ3n) is 1.54. The van der Waals surface area contributed by atoms with Crippen LogP contribution in [0, 0.1) is 0 Å². The number of hydrogen-bond donors (Lipinski definition) is 1. The molecular formula is C11H14N2O. The molecule has 14 heavy (non-hydrogen) atoms. The fraction of sp³-hybridized carbons (Fsp3) is 0.273. The van der Waals surface area contributed by atoms with E-state index < -0.39 is 0 Å². The van der Waals surface area contributed by atoms with Gasteiger partial charge in [0.25, 0.3) is 0 Å². The van der Waals surface area contributed by atoms with Crippen LogP contribution in [-0.4, -0.2) is 11.6 Å². The summed E-state index contributed by atoms with van der Waals surface area (Å²) in [6.07, 6.45) is 0. The van der Waals surface area contributed by atoms with E-state index in [9.17, 15) is 4.79 Å². The van der Waals surface area contributed by atoms with Gasteiger partial charge < -0.3 is 5.32 Å². The van der Waals surface area contributed by atoms with Crippen LogP contribution < -0.4 is 5.32 Å². The van der Waals surface area contributed by atoms with Crippen LogP contribution in [0.5, 0.6) is 0 Å². The molecule has 0 saturated heterocycles. The van der Waals surface area contributed by atoms with Gasteiger partial charge in [0.2, 0.25) is 5.91 Å². The second-order valence-corrected chi connectivity index (χ2v) is 3.29. The third kappa shape index (κ3) is 3.39. The number of nitrogens with zero attached hydrogens (tertiary/aromatic N) is 1. The van der Waals surface area contributed by atoms with E-state index in [4.69, 9.17) is 0 Å². The van der Waals surface area contributed by atoms with Crippen molar-refractivity contribution in [2.45, 2.75) is 20.8 Å². The molecule has 0 radical (unpaired) electrons. The molecule has 0 atom stereocenters. The zero-order valence-electron chi connectivity index (χ0n) is 8.66. The van der Waals surface area contributed by atoms with Gasteiger partial charge in [-0.15, -0.1) is 0 Å². The molecule has 1 aromatic carbocycles. The van der Waals surface area contributed by atoms with Crippen molar-refractivity contribution >= 4 is 23.0 Å². The number of rotatable bonds is 2. The molecule has 1 amide bonds. The fourth-order valence-electron chi connectivity index (χ4n) is 1.08. The molecule has 1 N–H and O–H groups in total. The summed E-state index contributed by atoms with van der Waals surface area (Å²) in [4.78, 5) is 15.0. The van der Waals surface area contributed by atoms with Gasteiger partial charge in [-0.3, -0.25) is 9.79 Å². The molecule has 0 heterocycles. The molecule has 74 valence electrons. The summed E-state index contributed by atoms with van der Waals surface area (Å²) in [7, 11) is 0. The average molecular weight is 190 g/mol. The minimum absolute atomic E-state index is 0.0621. The van der Waals surface area contributed by atoms with Crippen molar-refractivity contribution in [2.24, 2.45) is 4.99 Å². The summed E-state index contributed by atoms with van der Waals surface area (Å²) in [5.74, 6) is -0.0621. The van der Waals surface area contributed by atoms with Crippen molar-refractivity contribution in [1.29, 1.82) is 0 Å². The van der Waals surface area contributed by atoms with Gasteiger partial charge in [-0.05, 0) is 38.1 Å². The molecule has 0 aliphatic rings. The number of amides is 1. The van der Waals surface area contributed by atoms with Crippen molar-refractivity contribution < 1.29 is 4.79 Å². The zero-order valence-corrected chi connectivity index (χ0v) is 8.66. The van der Waals surface area contributed by atoms with E-state index in [2.05, 4.69) is 10.3 Å². The Morgan fingerprint density at radius 1 is 1.14 bits per heavy atom. The van der Waals surface area contributed by atoms with Gasteiger partial charge in [0.15, 0.2) is 0 Å². The molecule has 0 fully saturated rings. The molecule has 0 unspecified atom stereocenters. The van der Waals surface area contributed by atoms with Crippen LogP contribution in [0.15, 0.2) is 29.3 Å². The number of nitrogens with one attached hydrogen (secondary N) is 1. The van der Waals surface area contributed by atoms with Crippen LogP contribution in [0.4, 0.5) is 11.4 Å². The normalized spacial score (nSPS) is 9.36. The van der Waals surface area contributed by atoms with Crippen LogP contribution in [0.2, 0.25) is 0 Å². The lowest BCUT2D eigenvalue weighted by atomic mass is 10.3. The Labute approximate surface area is 83.9 Å². The highest BCUT2D eigenvalue weighted by Gasteiger charge is 1.94. The Kier molecular flexibility index (Phi) is 3.40. The number of aliphatic imine (C=N–C) groups is 1. The highest BCUT2D eigenvalue weighted by molar-refractivity contribution is 5.89. The van der Waals surface area contributed by atoms with Gasteiger partial charge in [-0.2, -0.15) is 0 Å². The topological polar surface area (TPSA) is 41.5 Å². The maximum atomic E-state index is 10.7. The van der Waals surface area contributed by atoms with Gasteiger partial charge in [0.05, 0.1) is 5.69 Å². The van der Waals surface area contributed by atoms with Crippen molar-refractivity contribution in [1.82, 2.24) is 0 Å². The first-order valence-corrected chi connectivity index (χ1v) is 4.47. The van der Waals surface area contributed by atoms with Gasteiger partial charge in [0, 0.05) is 18.3 Å². The molecule has 0 bridgehead atoms. The van der Waals surface area contributed by atoms with E-state index in [-0.39, 0.29) is 5.91 Å². The molecular weight excluding hydrogens is 176 g/mol. The largest absolute Gasteiger partial charge is 0.326 e.